The van der Waals surface area contributed by atoms with Gasteiger partial charge in [0.15, 0.2) is 0 Å². The van der Waals surface area contributed by atoms with E-state index in [1.165, 1.54) is 0 Å². The highest BCUT2D eigenvalue weighted by Crippen LogP contribution is 2.29. The second kappa shape index (κ2) is 13.1. The SMILES string of the molecule is CCC[C@H](NC(=O)[C@H](NC(=O)C(C)(C)C)C1CCCC1)C(=O)N[C@H](CO)C[C@@H]1CCCNC1=O. The molecule has 9 nitrogen and oxygen atoms in total. The summed E-state index contributed by atoms with van der Waals surface area (Å²) < 4.78 is 0. The van der Waals surface area contributed by atoms with Gasteiger partial charge in [0.05, 0.1) is 12.6 Å². The lowest BCUT2D eigenvalue weighted by Crippen LogP contribution is -2.58. The Labute approximate surface area is 203 Å². The number of piperidine rings is 1. The van der Waals surface area contributed by atoms with E-state index < -0.39 is 23.5 Å². The van der Waals surface area contributed by atoms with Crippen LogP contribution in [0.15, 0.2) is 0 Å². The molecule has 0 radical (unpaired) electrons. The summed E-state index contributed by atoms with van der Waals surface area (Å²) in [6.45, 7) is 7.72. The summed E-state index contributed by atoms with van der Waals surface area (Å²) in [5.41, 5.74) is -0.628. The molecule has 0 aromatic carbocycles. The second-order valence-electron chi connectivity index (χ2n) is 10.8. The lowest BCUT2D eigenvalue weighted by Gasteiger charge is -2.30. The first-order valence-corrected chi connectivity index (χ1v) is 12.9. The number of hydrogen-bond donors (Lipinski definition) is 5. The Bertz CT molecular complexity index is 715. The molecule has 1 saturated carbocycles. The molecule has 0 unspecified atom stereocenters. The van der Waals surface area contributed by atoms with E-state index in [0.717, 1.165) is 38.5 Å². The molecule has 4 atom stereocenters. The smallest absolute Gasteiger partial charge is 0.243 e. The van der Waals surface area contributed by atoms with E-state index in [1.807, 2.05) is 6.92 Å². The van der Waals surface area contributed by atoms with Gasteiger partial charge in [-0.25, -0.2) is 0 Å². The van der Waals surface area contributed by atoms with Crippen molar-refractivity contribution in [3.63, 3.8) is 0 Å². The fourth-order valence-corrected chi connectivity index (χ4v) is 4.75. The van der Waals surface area contributed by atoms with Gasteiger partial charge in [-0.1, -0.05) is 47.0 Å². The van der Waals surface area contributed by atoms with Crippen LogP contribution in [0.5, 0.6) is 0 Å². The average molecular weight is 481 g/mol. The maximum Gasteiger partial charge on any atom is 0.243 e. The second-order valence-corrected chi connectivity index (χ2v) is 10.8. The van der Waals surface area contributed by atoms with E-state index in [2.05, 4.69) is 21.3 Å². The molecular weight excluding hydrogens is 436 g/mol. The van der Waals surface area contributed by atoms with E-state index in [4.69, 9.17) is 0 Å². The van der Waals surface area contributed by atoms with Gasteiger partial charge in [0.25, 0.3) is 0 Å². The molecule has 1 aliphatic carbocycles. The van der Waals surface area contributed by atoms with Crippen LogP contribution in [-0.2, 0) is 19.2 Å². The first-order valence-electron chi connectivity index (χ1n) is 12.9. The average Bonchev–Trinajstić information content (AvgIpc) is 3.31. The summed E-state index contributed by atoms with van der Waals surface area (Å²) in [4.78, 5) is 51.1. The molecule has 1 aliphatic heterocycles. The molecule has 2 rings (SSSR count). The number of nitrogens with one attached hydrogen (secondary N) is 4. The molecule has 0 aromatic heterocycles. The van der Waals surface area contributed by atoms with Crippen LogP contribution in [0.2, 0.25) is 0 Å². The zero-order valence-electron chi connectivity index (χ0n) is 21.2. The minimum Gasteiger partial charge on any atom is -0.394 e. The Hall–Kier alpha value is -2.16. The van der Waals surface area contributed by atoms with Crippen molar-refractivity contribution < 1.29 is 24.3 Å². The number of carbonyl (C=O) groups excluding carboxylic acids is 4. The van der Waals surface area contributed by atoms with Gasteiger partial charge < -0.3 is 26.4 Å². The molecule has 9 heteroatoms. The summed E-state index contributed by atoms with van der Waals surface area (Å²) in [6, 6.07) is -2.02. The molecule has 1 heterocycles. The van der Waals surface area contributed by atoms with Crippen molar-refractivity contribution in [3.8, 4) is 0 Å². The number of rotatable bonds is 11. The Kier molecular flexibility index (Phi) is 10.8. The Morgan fingerprint density at radius 1 is 1.03 bits per heavy atom. The third-order valence-electron chi connectivity index (χ3n) is 6.87. The van der Waals surface area contributed by atoms with Crippen LogP contribution in [0.3, 0.4) is 0 Å². The summed E-state index contributed by atoms with van der Waals surface area (Å²) in [5.74, 6) is -1.16. The fourth-order valence-electron chi connectivity index (χ4n) is 4.75. The minimum absolute atomic E-state index is 0.0478. The maximum atomic E-state index is 13.3. The Morgan fingerprint density at radius 3 is 2.26 bits per heavy atom. The lowest BCUT2D eigenvalue weighted by atomic mass is 9.91. The van der Waals surface area contributed by atoms with Gasteiger partial charge in [0.1, 0.15) is 12.1 Å². The largest absolute Gasteiger partial charge is 0.394 e. The van der Waals surface area contributed by atoms with Crippen molar-refractivity contribution in [2.24, 2.45) is 17.3 Å². The molecule has 2 fully saturated rings. The number of aliphatic hydroxyl groups excluding tert-OH is 1. The fraction of sp³-hybridized carbons (Fsp3) is 0.840. The van der Waals surface area contributed by atoms with Crippen molar-refractivity contribution in [1.82, 2.24) is 21.3 Å². The van der Waals surface area contributed by atoms with E-state index in [9.17, 15) is 24.3 Å². The molecule has 194 valence electrons. The van der Waals surface area contributed by atoms with Gasteiger partial charge >= 0.3 is 0 Å². The zero-order chi connectivity index (χ0) is 25.3. The van der Waals surface area contributed by atoms with Crippen molar-refractivity contribution in [1.29, 1.82) is 0 Å². The van der Waals surface area contributed by atoms with Crippen molar-refractivity contribution in [2.45, 2.75) is 104 Å². The lowest BCUT2D eigenvalue weighted by molar-refractivity contribution is -0.136. The highest BCUT2D eigenvalue weighted by atomic mass is 16.3. The van der Waals surface area contributed by atoms with Crippen LogP contribution in [-0.4, -0.2) is 60.0 Å². The van der Waals surface area contributed by atoms with Crippen molar-refractivity contribution >= 4 is 23.6 Å². The summed E-state index contributed by atoms with van der Waals surface area (Å²) in [5, 5.41) is 21.3. The Morgan fingerprint density at radius 2 is 1.71 bits per heavy atom. The predicted molar refractivity (Wildman–Crippen MR) is 130 cm³/mol. The van der Waals surface area contributed by atoms with E-state index in [-0.39, 0.29) is 42.1 Å². The number of amides is 4. The topological polar surface area (TPSA) is 137 Å². The van der Waals surface area contributed by atoms with Gasteiger partial charge in [-0.3, -0.25) is 19.2 Å². The predicted octanol–water partition coefficient (Wildman–Crippen LogP) is 1.39. The highest BCUT2D eigenvalue weighted by Gasteiger charge is 2.36. The summed E-state index contributed by atoms with van der Waals surface area (Å²) >= 11 is 0. The third kappa shape index (κ3) is 8.25. The van der Waals surface area contributed by atoms with Gasteiger partial charge in [-0.15, -0.1) is 0 Å². The van der Waals surface area contributed by atoms with Crippen LogP contribution in [0.4, 0.5) is 0 Å². The van der Waals surface area contributed by atoms with E-state index in [1.54, 1.807) is 20.8 Å². The van der Waals surface area contributed by atoms with Gasteiger partial charge in [-0.2, -0.15) is 0 Å². The van der Waals surface area contributed by atoms with Gasteiger partial charge in [-0.05, 0) is 44.4 Å². The van der Waals surface area contributed by atoms with Crippen LogP contribution in [0.1, 0.15) is 85.5 Å². The molecule has 5 N–H and O–H groups in total. The van der Waals surface area contributed by atoms with Crippen molar-refractivity contribution in [2.75, 3.05) is 13.2 Å². The normalized spacial score (nSPS) is 21.8. The molecule has 34 heavy (non-hydrogen) atoms. The van der Waals surface area contributed by atoms with Crippen LogP contribution < -0.4 is 21.3 Å². The monoisotopic (exact) mass is 480 g/mol. The molecule has 0 spiro atoms. The molecule has 0 aromatic rings. The first kappa shape index (κ1) is 28.1. The van der Waals surface area contributed by atoms with Crippen molar-refractivity contribution in [3.05, 3.63) is 0 Å². The quantitative estimate of drug-likeness (QED) is 0.304. The summed E-state index contributed by atoms with van der Waals surface area (Å²) in [7, 11) is 0. The molecule has 0 bridgehead atoms. The van der Waals surface area contributed by atoms with Crippen LogP contribution in [0.25, 0.3) is 0 Å². The summed E-state index contributed by atoms with van der Waals surface area (Å²) in [6.07, 6.45) is 6.83. The minimum atomic E-state index is -0.776. The highest BCUT2D eigenvalue weighted by molar-refractivity contribution is 5.93. The first-order chi connectivity index (χ1) is 16.1. The van der Waals surface area contributed by atoms with E-state index >= 15 is 0 Å². The van der Waals surface area contributed by atoms with Gasteiger partial charge in [0, 0.05) is 17.9 Å². The number of aliphatic hydroxyl groups is 1. The third-order valence-corrected chi connectivity index (χ3v) is 6.87. The van der Waals surface area contributed by atoms with Crippen LogP contribution >= 0.6 is 0 Å². The van der Waals surface area contributed by atoms with Crippen LogP contribution in [0, 0.1) is 17.3 Å². The molecule has 4 amide bonds. The maximum absolute atomic E-state index is 13.3. The number of hydrogen-bond acceptors (Lipinski definition) is 5. The standard InChI is InChI=1S/C25H44N4O5/c1-5-9-19(22(32)27-18(15-30)14-17-12-8-13-26-21(17)31)28-23(33)20(16-10-6-7-11-16)29-24(34)25(2,3)4/h16-20,30H,5-15H2,1-4H3,(H,26,31)(H,27,32)(H,28,33)(H,29,34)/t17-,18-,19-,20+/m0/s1. The Balaban J connectivity index is 2.05. The molecular formula is C25H44N4O5. The number of carbonyl (C=O) groups is 4. The zero-order valence-corrected chi connectivity index (χ0v) is 21.2. The van der Waals surface area contributed by atoms with E-state index in [0.29, 0.717) is 25.8 Å². The van der Waals surface area contributed by atoms with Gasteiger partial charge in [0.2, 0.25) is 23.6 Å². The molecule has 1 saturated heterocycles. The molecule has 2 aliphatic rings.